The standard InChI is InChI=1S/C10H9FN2O/c11-7-1-2-8-6(3-10(12)14)5-13-9(8)4-7/h1-2,4-5,13H,3H2,(H2,12,14). The fourth-order valence-electron chi connectivity index (χ4n) is 1.49. The van der Waals surface area contributed by atoms with Crippen LogP contribution in [-0.2, 0) is 11.2 Å². The van der Waals surface area contributed by atoms with Crippen molar-refractivity contribution in [1.29, 1.82) is 0 Å². The van der Waals surface area contributed by atoms with Gasteiger partial charge in [-0.05, 0) is 23.8 Å². The maximum atomic E-state index is 12.8. The molecular weight excluding hydrogens is 183 g/mol. The summed E-state index contributed by atoms with van der Waals surface area (Å²) in [5, 5.41) is 0.838. The van der Waals surface area contributed by atoms with Gasteiger partial charge in [-0.25, -0.2) is 4.39 Å². The van der Waals surface area contributed by atoms with Crippen molar-refractivity contribution in [3.05, 3.63) is 35.8 Å². The summed E-state index contributed by atoms with van der Waals surface area (Å²) in [5.41, 5.74) is 6.56. The van der Waals surface area contributed by atoms with E-state index in [9.17, 15) is 9.18 Å². The van der Waals surface area contributed by atoms with Crippen molar-refractivity contribution in [2.24, 2.45) is 5.73 Å². The zero-order valence-corrected chi connectivity index (χ0v) is 7.38. The van der Waals surface area contributed by atoms with Crippen molar-refractivity contribution in [3.63, 3.8) is 0 Å². The Morgan fingerprint density at radius 2 is 2.29 bits per heavy atom. The molecule has 0 saturated heterocycles. The molecule has 0 aliphatic carbocycles. The van der Waals surface area contributed by atoms with Crippen LogP contribution in [0.4, 0.5) is 4.39 Å². The van der Waals surface area contributed by atoms with Gasteiger partial charge in [-0.15, -0.1) is 0 Å². The number of hydrogen-bond donors (Lipinski definition) is 2. The second kappa shape index (κ2) is 3.14. The molecule has 0 spiro atoms. The van der Waals surface area contributed by atoms with Gasteiger partial charge in [-0.2, -0.15) is 0 Å². The Morgan fingerprint density at radius 3 is 3.00 bits per heavy atom. The number of rotatable bonds is 2. The van der Waals surface area contributed by atoms with Gasteiger partial charge in [-0.3, -0.25) is 4.79 Å². The number of aromatic amines is 1. The molecule has 1 aromatic carbocycles. The summed E-state index contributed by atoms with van der Waals surface area (Å²) in [6, 6.07) is 4.39. The van der Waals surface area contributed by atoms with E-state index in [1.54, 1.807) is 12.3 Å². The number of nitrogens with two attached hydrogens (primary N) is 1. The third-order valence-corrected chi connectivity index (χ3v) is 2.09. The second-order valence-electron chi connectivity index (χ2n) is 3.15. The van der Waals surface area contributed by atoms with Crippen molar-refractivity contribution in [2.75, 3.05) is 0 Å². The Hall–Kier alpha value is -1.84. The molecule has 1 aromatic heterocycles. The zero-order chi connectivity index (χ0) is 10.1. The molecule has 2 rings (SSSR count). The van der Waals surface area contributed by atoms with Crippen LogP contribution >= 0.6 is 0 Å². The molecule has 3 N–H and O–H groups in total. The third kappa shape index (κ3) is 1.46. The van der Waals surface area contributed by atoms with Crippen LogP contribution in [-0.4, -0.2) is 10.9 Å². The molecule has 3 nitrogen and oxygen atoms in total. The van der Waals surface area contributed by atoms with Crippen LogP contribution in [0, 0.1) is 5.82 Å². The van der Waals surface area contributed by atoms with Crippen LogP contribution in [0.15, 0.2) is 24.4 Å². The number of fused-ring (bicyclic) bond motifs is 1. The van der Waals surface area contributed by atoms with E-state index in [-0.39, 0.29) is 12.2 Å². The van der Waals surface area contributed by atoms with Crippen LogP contribution in [0.1, 0.15) is 5.56 Å². The van der Waals surface area contributed by atoms with Gasteiger partial charge in [0.05, 0.1) is 6.42 Å². The Labute approximate surface area is 79.7 Å². The minimum absolute atomic E-state index is 0.172. The SMILES string of the molecule is NC(=O)Cc1c[nH]c2cc(F)ccc12. The van der Waals surface area contributed by atoms with Gasteiger partial charge in [0.1, 0.15) is 5.82 Å². The van der Waals surface area contributed by atoms with E-state index in [2.05, 4.69) is 4.98 Å². The van der Waals surface area contributed by atoms with Crippen molar-refractivity contribution >= 4 is 16.8 Å². The van der Waals surface area contributed by atoms with Gasteiger partial charge < -0.3 is 10.7 Å². The van der Waals surface area contributed by atoms with Gasteiger partial charge in [-0.1, -0.05) is 0 Å². The lowest BCUT2D eigenvalue weighted by atomic mass is 10.1. The summed E-state index contributed by atoms with van der Waals surface area (Å²) in [5.74, 6) is -0.694. The lowest BCUT2D eigenvalue weighted by Gasteiger charge is -1.94. The molecule has 4 heteroatoms. The number of halogens is 1. The van der Waals surface area contributed by atoms with Gasteiger partial charge in [0, 0.05) is 17.1 Å². The molecule has 0 aliphatic heterocycles. The average Bonchev–Trinajstić information content (AvgIpc) is 2.47. The Kier molecular flexibility index (Phi) is 1.96. The third-order valence-electron chi connectivity index (χ3n) is 2.09. The molecule has 1 amide bonds. The zero-order valence-electron chi connectivity index (χ0n) is 7.38. The van der Waals surface area contributed by atoms with Gasteiger partial charge in [0.25, 0.3) is 0 Å². The van der Waals surface area contributed by atoms with Crippen LogP contribution in [0.25, 0.3) is 10.9 Å². The summed E-state index contributed by atoms with van der Waals surface area (Å²) in [4.78, 5) is 13.6. The molecule has 0 fully saturated rings. The molecule has 0 atom stereocenters. The number of primary amides is 1. The summed E-state index contributed by atoms with van der Waals surface area (Å²) in [6.07, 6.45) is 1.85. The highest BCUT2D eigenvalue weighted by atomic mass is 19.1. The molecule has 72 valence electrons. The van der Waals surface area contributed by atoms with Crippen LogP contribution < -0.4 is 5.73 Å². The predicted molar refractivity (Wildman–Crippen MR) is 51.2 cm³/mol. The summed E-state index contributed by atoms with van der Waals surface area (Å²) in [6.45, 7) is 0. The fourth-order valence-corrected chi connectivity index (χ4v) is 1.49. The minimum atomic E-state index is -0.393. The predicted octanol–water partition coefficient (Wildman–Crippen LogP) is 1.33. The quantitative estimate of drug-likeness (QED) is 0.741. The Balaban J connectivity index is 2.52. The number of H-pyrrole nitrogens is 1. The van der Waals surface area contributed by atoms with E-state index >= 15 is 0 Å². The number of benzene rings is 1. The van der Waals surface area contributed by atoms with Gasteiger partial charge in [0.15, 0.2) is 0 Å². The molecule has 1 heterocycles. The molecule has 0 aliphatic rings. The van der Waals surface area contributed by atoms with E-state index in [1.807, 2.05) is 0 Å². The highest BCUT2D eigenvalue weighted by molar-refractivity contribution is 5.88. The van der Waals surface area contributed by atoms with Crippen LogP contribution in [0.2, 0.25) is 0 Å². The lowest BCUT2D eigenvalue weighted by Crippen LogP contribution is -2.13. The molecular formula is C10H9FN2O. The molecule has 0 bridgehead atoms. The largest absolute Gasteiger partial charge is 0.369 e. The van der Waals surface area contributed by atoms with E-state index in [0.717, 1.165) is 10.9 Å². The van der Waals surface area contributed by atoms with Crippen molar-refractivity contribution < 1.29 is 9.18 Å². The van der Waals surface area contributed by atoms with E-state index in [0.29, 0.717) is 5.52 Å². The van der Waals surface area contributed by atoms with Crippen molar-refractivity contribution in [3.8, 4) is 0 Å². The number of carbonyl (C=O) groups excluding carboxylic acids is 1. The number of aromatic nitrogens is 1. The van der Waals surface area contributed by atoms with Crippen LogP contribution in [0.5, 0.6) is 0 Å². The maximum absolute atomic E-state index is 12.8. The van der Waals surface area contributed by atoms with Crippen molar-refractivity contribution in [2.45, 2.75) is 6.42 Å². The molecule has 14 heavy (non-hydrogen) atoms. The Bertz CT molecular complexity index is 490. The first-order valence-electron chi connectivity index (χ1n) is 4.20. The normalized spacial score (nSPS) is 10.6. The molecule has 0 saturated carbocycles. The summed E-state index contributed by atoms with van der Waals surface area (Å²) in [7, 11) is 0. The van der Waals surface area contributed by atoms with Gasteiger partial charge >= 0.3 is 0 Å². The molecule has 2 aromatic rings. The number of carbonyl (C=O) groups is 1. The molecule has 0 radical (unpaired) electrons. The second-order valence-corrected chi connectivity index (χ2v) is 3.15. The molecule has 0 unspecified atom stereocenters. The number of hydrogen-bond acceptors (Lipinski definition) is 1. The summed E-state index contributed by atoms with van der Waals surface area (Å²) < 4.78 is 12.8. The highest BCUT2D eigenvalue weighted by Crippen LogP contribution is 2.19. The van der Waals surface area contributed by atoms with E-state index in [1.165, 1.54) is 12.1 Å². The number of nitrogens with one attached hydrogen (secondary N) is 1. The first-order valence-corrected chi connectivity index (χ1v) is 4.20. The Morgan fingerprint density at radius 1 is 1.50 bits per heavy atom. The first kappa shape index (κ1) is 8.74. The van der Waals surface area contributed by atoms with Crippen molar-refractivity contribution in [1.82, 2.24) is 4.98 Å². The topological polar surface area (TPSA) is 58.9 Å². The smallest absolute Gasteiger partial charge is 0.221 e. The lowest BCUT2D eigenvalue weighted by molar-refractivity contribution is -0.117. The number of amides is 1. The monoisotopic (exact) mass is 192 g/mol. The van der Waals surface area contributed by atoms with Crippen LogP contribution in [0.3, 0.4) is 0 Å². The minimum Gasteiger partial charge on any atom is -0.369 e. The summed E-state index contributed by atoms with van der Waals surface area (Å²) >= 11 is 0. The van der Waals surface area contributed by atoms with Gasteiger partial charge in [0.2, 0.25) is 5.91 Å². The highest BCUT2D eigenvalue weighted by Gasteiger charge is 2.06. The fraction of sp³-hybridized carbons (Fsp3) is 0.100. The maximum Gasteiger partial charge on any atom is 0.221 e. The van der Waals surface area contributed by atoms with E-state index in [4.69, 9.17) is 5.73 Å². The van der Waals surface area contributed by atoms with E-state index < -0.39 is 5.91 Å². The average molecular weight is 192 g/mol. The first-order chi connectivity index (χ1) is 6.66.